The molecule has 126 valence electrons. The van der Waals surface area contributed by atoms with Gasteiger partial charge in [0.15, 0.2) is 0 Å². The molecule has 1 aromatic rings. The van der Waals surface area contributed by atoms with Crippen LogP contribution < -0.4 is 5.32 Å². The first-order valence-electron chi connectivity index (χ1n) is 8.20. The van der Waals surface area contributed by atoms with E-state index in [4.69, 9.17) is 4.74 Å². The SMILES string of the molecule is CCOC(=O)Cn1nc(C)c(C(=O)N2CC3CNCC3C2)c1C. The van der Waals surface area contributed by atoms with Crippen LogP contribution in [0.15, 0.2) is 0 Å². The van der Waals surface area contributed by atoms with Crippen LogP contribution in [-0.2, 0) is 16.1 Å². The Labute approximate surface area is 136 Å². The number of hydrogen-bond donors (Lipinski definition) is 1. The van der Waals surface area contributed by atoms with Crippen LogP contribution >= 0.6 is 0 Å². The molecule has 1 amide bonds. The number of aryl methyl sites for hydroxylation is 1. The Balaban J connectivity index is 1.76. The second-order valence-electron chi connectivity index (χ2n) is 6.40. The van der Waals surface area contributed by atoms with Gasteiger partial charge in [0.1, 0.15) is 6.54 Å². The highest BCUT2D eigenvalue weighted by Crippen LogP contribution is 2.28. The number of hydrogen-bond acceptors (Lipinski definition) is 5. The number of nitrogens with one attached hydrogen (secondary N) is 1. The second-order valence-corrected chi connectivity index (χ2v) is 6.40. The number of esters is 1. The zero-order chi connectivity index (χ0) is 16.6. The number of amides is 1. The molecule has 2 fully saturated rings. The van der Waals surface area contributed by atoms with Crippen molar-refractivity contribution in [2.24, 2.45) is 11.8 Å². The van der Waals surface area contributed by atoms with Gasteiger partial charge in [0.25, 0.3) is 5.91 Å². The van der Waals surface area contributed by atoms with E-state index in [1.807, 2.05) is 18.7 Å². The Kier molecular flexibility index (Phi) is 4.39. The summed E-state index contributed by atoms with van der Waals surface area (Å²) < 4.78 is 6.53. The lowest BCUT2D eigenvalue weighted by molar-refractivity contribution is -0.144. The van der Waals surface area contributed by atoms with Gasteiger partial charge >= 0.3 is 5.97 Å². The molecule has 2 aliphatic rings. The summed E-state index contributed by atoms with van der Waals surface area (Å²) in [4.78, 5) is 26.5. The molecule has 7 nitrogen and oxygen atoms in total. The third kappa shape index (κ3) is 2.97. The van der Waals surface area contributed by atoms with Gasteiger partial charge in [-0.25, -0.2) is 0 Å². The number of nitrogens with zero attached hydrogens (tertiary/aromatic N) is 3. The summed E-state index contributed by atoms with van der Waals surface area (Å²) in [5.74, 6) is 0.826. The number of carbonyl (C=O) groups excluding carboxylic acids is 2. The molecular weight excluding hydrogens is 296 g/mol. The molecule has 3 rings (SSSR count). The van der Waals surface area contributed by atoms with Gasteiger partial charge in [0, 0.05) is 31.9 Å². The van der Waals surface area contributed by atoms with Gasteiger partial charge in [-0.3, -0.25) is 14.3 Å². The predicted octanol–water partition coefficient (Wildman–Crippen LogP) is 0.354. The lowest BCUT2D eigenvalue weighted by Gasteiger charge is -2.17. The molecule has 2 unspecified atom stereocenters. The molecular formula is C16H24N4O3. The van der Waals surface area contributed by atoms with Gasteiger partial charge in [-0.1, -0.05) is 0 Å². The maximum Gasteiger partial charge on any atom is 0.327 e. The van der Waals surface area contributed by atoms with Gasteiger partial charge in [-0.2, -0.15) is 5.10 Å². The Hall–Kier alpha value is -1.89. The largest absolute Gasteiger partial charge is 0.465 e. The zero-order valence-corrected chi connectivity index (χ0v) is 14.0. The zero-order valence-electron chi connectivity index (χ0n) is 14.0. The molecule has 0 aliphatic carbocycles. The Bertz CT molecular complexity index is 613. The minimum atomic E-state index is -0.334. The summed E-state index contributed by atoms with van der Waals surface area (Å²) in [6, 6.07) is 0. The molecule has 2 atom stereocenters. The number of fused-ring (bicyclic) bond motifs is 1. The Morgan fingerprint density at radius 3 is 2.52 bits per heavy atom. The van der Waals surface area contributed by atoms with E-state index >= 15 is 0 Å². The lowest BCUT2D eigenvalue weighted by Crippen LogP contribution is -2.32. The number of aromatic nitrogens is 2. The predicted molar refractivity (Wildman–Crippen MR) is 84.1 cm³/mol. The average molecular weight is 320 g/mol. The van der Waals surface area contributed by atoms with Crippen LogP contribution in [0, 0.1) is 25.7 Å². The van der Waals surface area contributed by atoms with Gasteiger partial charge < -0.3 is 15.0 Å². The van der Waals surface area contributed by atoms with Crippen LogP contribution in [0.3, 0.4) is 0 Å². The van der Waals surface area contributed by atoms with Gasteiger partial charge in [-0.15, -0.1) is 0 Å². The molecule has 23 heavy (non-hydrogen) atoms. The van der Waals surface area contributed by atoms with Crippen molar-refractivity contribution < 1.29 is 14.3 Å². The quantitative estimate of drug-likeness (QED) is 0.811. The smallest absolute Gasteiger partial charge is 0.327 e. The Morgan fingerprint density at radius 1 is 1.26 bits per heavy atom. The van der Waals surface area contributed by atoms with Gasteiger partial charge in [0.05, 0.1) is 17.9 Å². The highest BCUT2D eigenvalue weighted by Gasteiger charge is 2.39. The fourth-order valence-electron chi connectivity index (χ4n) is 3.67. The maximum atomic E-state index is 12.9. The lowest BCUT2D eigenvalue weighted by atomic mass is 10.0. The normalized spacial score (nSPS) is 23.2. The first-order valence-corrected chi connectivity index (χ1v) is 8.20. The fourth-order valence-corrected chi connectivity index (χ4v) is 3.67. The van der Waals surface area contributed by atoms with E-state index in [9.17, 15) is 9.59 Å². The van der Waals surface area contributed by atoms with E-state index in [2.05, 4.69) is 10.4 Å². The van der Waals surface area contributed by atoms with Crippen molar-refractivity contribution in [3.8, 4) is 0 Å². The molecule has 7 heteroatoms. The summed E-state index contributed by atoms with van der Waals surface area (Å²) >= 11 is 0. The first kappa shape index (κ1) is 16.0. The van der Waals surface area contributed by atoms with Crippen LogP contribution in [-0.4, -0.2) is 59.3 Å². The summed E-state index contributed by atoms with van der Waals surface area (Å²) in [5.41, 5.74) is 2.03. The molecule has 0 saturated carbocycles. The monoisotopic (exact) mass is 320 g/mol. The van der Waals surface area contributed by atoms with E-state index in [0.717, 1.165) is 31.9 Å². The van der Waals surface area contributed by atoms with E-state index in [1.165, 1.54) is 0 Å². The van der Waals surface area contributed by atoms with Crippen LogP contribution in [0.1, 0.15) is 28.7 Å². The molecule has 3 heterocycles. The van der Waals surface area contributed by atoms with Crippen LogP contribution in [0.25, 0.3) is 0 Å². The van der Waals surface area contributed by atoms with Crippen LogP contribution in [0.4, 0.5) is 0 Å². The molecule has 2 aliphatic heterocycles. The van der Waals surface area contributed by atoms with E-state index < -0.39 is 0 Å². The third-order valence-electron chi connectivity index (χ3n) is 4.86. The minimum Gasteiger partial charge on any atom is -0.465 e. The van der Waals surface area contributed by atoms with Crippen LogP contribution in [0.2, 0.25) is 0 Å². The topological polar surface area (TPSA) is 76.5 Å². The molecule has 2 saturated heterocycles. The number of likely N-dealkylation sites (tertiary alicyclic amines) is 1. The number of carbonyl (C=O) groups is 2. The molecule has 0 radical (unpaired) electrons. The Morgan fingerprint density at radius 2 is 1.91 bits per heavy atom. The summed E-state index contributed by atoms with van der Waals surface area (Å²) in [6.45, 7) is 9.41. The molecule has 1 N–H and O–H groups in total. The van der Waals surface area contributed by atoms with Crippen molar-refractivity contribution in [2.75, 3.05) is 32.8 Å². The fraction of sp³-hybridized carbons (Fsp3) is 0.688. The highest BCUT2D eigenvalue weighted by molar-refractivity contribution is 5.96. The average Bonchev–Trinajstić information content (AvgIpc) is 3.13. The molecule has 1 aromatic heterocycles. The van der Waals surface area contributed by atoms with Crippen molar-refractivity contribution in [3.63, 3.8) is 0 Å². The maximum absolute atomic E-state index is 12.9. The summed E-state index contributed by atoms with van der Waals surface area (Å²) in [7, 11) is 0. The second kappa shape index (κ2) is 6.31. The van der Waals surface area contributed by atoms with Crippen molar-refractivity contribution in [3.05, 3.63) is 17.0 Å². The van der Waals surface area contributed by atoms with E-state index in [1.54, 1.807) is 11.6 Å². The van der Waals surface area contributed by atoms with Crippen molar-refractivity contribution in [1.82, 2.24) is 20.0 Å². The number of ether oxygens (including phenoxy) is 1. The van der Waals surface area contributed by atoms with Crippen molar-refractivity contribution in [1.29, 1.82) is 0 Å². The van der Waals surface area contributed by atoms with Crippen molar-refractivity contribution in [2.45, 2.75) is 27.3 Å². The molecule has 0 aromatic carbocycles. The minimum absolute atomic E-state index is 0.0320. The standard InChI is InChI=1S/C16H24N4O3/c1-4-23-14(21)9-20-11(3)15(10(2)18-20)16(22)19-7-12-5-17-6-13(12)8-19/h12-13,17H,4-9H2,1-3H3. The van der Waals surface area contributed by atoms with Crippen LogP contribution in [0.5, 0.6) is 0 Å². The third-order valence-corrected chi connectivity index (χ3v) is 4.86. The summed E-state index contributed by atoms with van der Waals surface area (Å²) in [6.07, 6.45) is 0. The molecule has 0 bridgehead atoms. The van der Waals surface area contributed by atoms with Crippen molar-refractivity contribution >= 4 is 11.9 Å². The number of rotatable bonds is 4. The van der Waals surface area contributed by atoms with E-state index in [0.29, 0.717) is 29.7 Å². The first-order chi connectivity index (χ1) is 11.0. The summed E-state index contributed by atoms with van der Waals surface area (Å²) in [5, 5.41) is 7.73. The van der Waals surface area contributed by atoms with E-state index in [-0.39, 0.29) is 18.4 Å². The van der Waals surface area contributed by atoms with Gasteiger partial charge in [-0.05, 0) is 32.6 Å². The van der Waals surface area contributed by atoms with Gasteiger partial charge in [0.2, 0.25) is 0 Å². The highest BCUT2D eigenvalue weighted by atomic mass is 16.5. The molecule has 0 spiro atoms.